The Morgan fingerprint density at radius 1 is 1.75 bits per heavy atom. The molecule has 0 bridgehead atoms. The summed E-state index contributed by atoms with van der Waals surface area (Å²) in [5, 5.41) is 3.16. The number of nitrogen functional groups attached to an aromatic ring is 1. The van der Waals surface area contributed by atoms with Gasteiger partial charge in [0, 0.05) is 13.1 Å². The number of aromatic amines is 1. The Hall–Kier alpha value is -1.56. The molecule has 1 fully saturated rings. The van der Waals surface area contributed by atoms with Crippen LogP contribution in [-0.4, -0.2) is 36.6 Å². The van der Waals surface area contributed by atoms with Crippen LogP contribution >= 0.6 is 0 Å². The predicted molar refractivity (Wildman–Crippen MR) is 63.5 cm³/mol. The van der Waals surface area contributed by atoms with E-state index in [4.69, 9.17) is 5.73 Å². The maximum atomic E-state index is 11.3. The second-order valence-corrected chi connectivity index (χ2v) is 4.13. The minimum atomic E-state index is -0.262. The molecule has 6 heteroatoms. The van der Waals surface area contributed by atoms with Crippen LogP contribution in [0.15, 0.2) is 11.1 Å². The highest BCUT2D eigenvalue weighted by molar-refractivity contribution is 5.61. The number of nitrogens with two attached hydrogens (primary N) is 1. The first kappa shape index (κ1) is 10.9. The van der Waals surface area contributed by atoms with Crippen molar-refractivity contribution in [2.75, 3.05) is 37.3 Å². The summed E-state index contributed by atoms with van der Waals surface area (Å²) in [6.07, 6.45) is 2.51. The van der Waals surface area contributed by atoms with Gasteiger partial charge in [0.05, 0.1) is 6.33 Å². The minimum Gasteiger partial charge on any atom is -0.391 e. The van der Waals surface area contributed by atoms with E-state index in [1.165, 1.54) is 6.33 Å². The van der Waals surface area contributed by atoms with E-state index < -0.39 is 0 Å². The van der Waals surface area contributed by atoms with E-state index in [2.05, 4.69) is 20.2 Å². The number of nitrogens with one attached hydrogen (secondary N) is 2. The van der Waals surface area contributed by atoms with E-state index in [-0.39, 0.29) is 11.2 Å². The van der Waals surface area contributed by atoms with Crippen LogP contribution in [0, 0.1) is 5.92 Å². The Labute approximate surface area is 93.9 Å². The summed E-state index contributed by atoms with van der Waals surface area (Å²) in [5.74, 6) is 1.22. The van der Waals surface area contributed by atoms with Gasteiger partial charge in [-0.25, -0.2) is 4.98 Å². The van der Waals surface area contributed by atoms with Gasteiger partial charge in [0.1, 0.15) is 5.69 Å². The molecule has 1 saturated heterocycles. The third-order valence-electron chi connectivity index (χ3n) is 2.95. The van der Waals surface area contributed by atoms with Crippen molar-refractivity contribution in [3.63, 3.8) is 0 Å². The second kappa shape index (κ2) is 4.52. The van der Waals surface area contributed by atoms with Gasteiger partial charge in [-0.1, -0.05) is 0 Å². The lowest BCUT2D eigenvalue weighted by molar-refractivity contribution is 0.549. The number of nitrogens with zero attached hydrogens (tertiary/aromatic N) is 2. The van der Waals surface area contributed by atoms with Crippen LogP contribution in [0.2, 0.25) is 0 Å². The summed E-state index contributed by atoms with van der Waals surface area (Å²) in [6, 6.07) is 0. The predicted octanol–water partition coefficient (Wildman–Crippen LogP) is -0.602. The van der Waals surface area contributed by atoms with Crippen molar-refractivity contribution in [1.82, 2.24) is 15.3 Å². The Kier molecular flexibility index (Phi) is 3.09. The van der Waals surface area contributed by atoms with Gasteiger partial charge in [0.15, 0.2) is 5.82 Å². The van der Waals surface area contributed by atoms with Crippen LogP contribution in [0.3, 0.4) is 0 Å². The van der Waals surface area contributed by atoms with Crippen molar-refractivity contribution in [3.8, 4) is 0 Å². The molecule has 1 aliphatic rings. The SMILES string of the molecule is CNCC1CCN(c2nc[nH]c(=O)c2N)C1. The molecule has 0 radical (unpaired) electrons. The van der Waals surface area contributed by atoms with Crippen LogP contribution in [-0.2, 0) is 0 Å². The summed E-state index contributed by atoms with van der Waals surface area (Å²) in [4.78, 5) is 20.0. The van der Waals surface area contributed by atoms with Gasteiger partial charge in [-0.3, -0.25) is 4.79 Å². The molecule has 1 aromatic rings. The maximum absolute atomic E-state index is 11.3. The van der Waals surface area contributed by atoms with E-state index in [0.29, 0.717) is 11.7 Å². The topological polar surface area (TPSA) is 87.0 Å². The number of aromatic nitrogens is 2. The molecule has 0 saturated carbocycles. The lowest BCUT2D eigenvalue weighted by atomic mass is 10.1. The zero-order valence-corrected chi connectivity index (χ0v) is 9.36. The van der Waals surface area contributed by atoms with Crippen LogP contribution in [0.4, 0.5) is 11.5 Å². The highest BCUT2D eigenvalue weighted by Crippen LogP contribution is 2.23. The second-order valence-electron chi connectivity index (χ2n) is 4.13. The van der Waals surface area contributed by atoms with E-state index in [0.717, 1.165) is 26.1 Å². The molecule has 1 atom stereocenters. The van der Waals surface area contributed by atoms with Gasteiger partial charge in [-0.15, -0.1) is 0 Å². The van der Waals surface area contributed by atoms with Gasteiger partial charge >= 0.3 is 0 Å². The minimum absolute atomic E-state index is 0.215. The van der Waals surface area contributed by atoms with Crippen LogP contribution in [0.25, 0.3) is 0 Å². The third kappa shape index (κ3) is 2.01. The molecular weight excluding hydrogens is 206 g/mol. The lowest BCUT2D eigenvalue weighted by Gasteiger charge is -2.18. The third-order valence-corrected chi connectivity index (χ3v) is 2.95. The van der Waals surface area contributed by atoms with Crippen molar-refractivity contribution < 1.29 is 0 Å². The number of anilines is 2. The fourth-order valence-electron chi connectivity index (χ4n) is 2.13. The molecule has 1 aliphatic heterocycles. The fourth-order valence-corrected chi connectivity index (χ4v) is 2.13. The molecule has 2 rings (SSSR count). The zero-order valence-electron chi connectivity index (χ0n) is 9.36. The number of hydrogen-bond donors (Lipinski definition) is 3. The van der Waals surface area contributed by atoms with Gasteiger partial charge < -0.3 is 20.9 Å². The number of H-pyrrole nitrogens is 1. The van der Waals surface area contributed by atoms with Crippen molar-refractivity contribution >= 4 is 11.5 Å². The molecule has 2 heterocycles. The molecule has 0 spiro atoms. The Morgan fingerprint density at radius 2 is 2.56 bits per heavy atom. The summed E-state index contributed by atoms with van der Waals surface area (Å²) in [7, 11) is 1.95. The molecule has 88 valence electrons. The zero-order chi connectivity index (χ0) is 11.5. The average Bonchev–Trinajstić information content (AvgIpc) is 2.71. The van der Waals surface area contributed by atoms with Gasteiger partial charge in [-0.2, -0.15) is 0 Å². The lowest BCUT2D eigenvalue weighted by Crippen LogP contribution is -2.27. The molecule has 4 N–H and O–H groups in total. The summed E-state index contributed by atoms with van der Waals surface area (Å²) in [6.45, 7) is 2.80. The average molecular weight is 223 g/mol. The first-order valence-electron chi connectivity index (χ1n) is 5.45. The molecular formula is C10H17N5O. The van der Waals surface area contributed by atoms with E-state index in [1.807, 2.05) is 7.05 Å². The standard InChI is InChI=1S/C10H17N5O/c1-12-4-7-2-3-15(5-7)9-8(11)10(16)14-6-13-9/h6-7,12H,2-5,11H2,1H3,(H,13,14,16). The van der Waals surface area contributed by atoms with Gasteiger partial charge in [-0.05, 0) is 25.9 Å². The largest absolute Gasteiger partial charge is 0.391 e. The Bertz CT molecular complexity index is 416. The highest BCUT2D eigenvalue weighted by Gasteiger charge is 2.24. The first-order chi connectivity index (χ1) is 7.72. The van der Waals surface area contributed by atoms with Crippen molar-refractivity contribution in [3.05, 3.63) is 16.7 Å². The molecule has 0 aromatic carbocycles. The Morgan fingerprint density at radius 3 is 3.31 bits per heavy atom. The van der Waals surface area contributed by atoms with E-state index >= 15 is 0 Å². The van der Waals surface area contributed by atoms with Crippen LogP contribution in [0.1, 0.15) is 6.42 Å². The fraction of sp³-hybridized carbons (Fsp3) is 0.600. The number of hydrogen-bond acceptors (Lipinski definition) is 5. The molecule has 1 aromatic heterocycles. The normalized spacial score (nSPS) is 20.3. The molecule has 0 amide bonds. The van der Waals surface area contributed by atoms with Gasteiger partial charge in [0.25, 0.3) is 5.56 Å². The van der Waals surface area contributed by atoms with Crippen LogP contribution < -0.4 is 21.5 Å². The monoisotopic (exact) mass is 223 g/mol. The molecule has 1 unspecified atom stereocenters. The Balaban J connectivity index is 2.14. The van der Waals surface area contributed by atoms with Gasteiger partial charge in [0.2, 0.25) is 0 Å². The summed E-state index contributed by atoms with van der Waals surface area (Å²) in [5.41, 5.74) is 5.67. The van der Waals surface area contributed by atoms with Crippen molar-refractivity contribution in [2.24, 2.45) is 5.92 Å². The number of rotatable bonds is 3. The summed E-state index contributed by atoms with van der Waals surface area (Å²) < 4.78 is 0. The quantitative estimate of drug-likeness (QED) is 0.637. The molecule has 6 nitrogen and oxygen atoms in total. The maximum Gasteiger partial charge on any atom is 0.276 e. The molecule has 16 heavy (non-hydrogen) atoms. The molecule has 0 aliphatic carbocycles. The van der Waals surface area contributed by atoms with E-state index in [9.17, 15) is 4.79 Å². The highest BCUT2D eigenvalue weighted by atomic mass is 16.1. The van der Waals surface area contributed by atoms with Crippen LogP contribution in [0.5, 0.6) is 0 Å². The first-order valence-corrected chi connectivity index (χ1v) is 5.45. The van der Waals surface area contributed by atoms with E-state index in [1.54, 1.807) is 0 Å². The smallest absolute Gasteiger partial charge is 0.276 e. The van der Waals surface area contributed by atoms with Crippen molar-refractivity contribution in [2.45, 2.75) is 6.42 Å². The van der Waals surface area contributed by atoms with Crippen molar-refractivity contribution in [1.29, 1.82) is 0 Å². The summed E-state index contributed by atoms with van der Waals surface area (Å²) >= 11 is 0.